The van der Waals surface area contributed by atoms with Gasteiger partial charge in [-0.05, 0) is 43.3 Å². The van der Waals surface area contributed by atoms with Crippen LogP contribution in [0.2, 0.25) is 0 Å². The summed E-state index contributed by atoms with van der Waals surface area (Å²) in [6.45, 7) is 1.72. The van der Waals surface area contributed by atoms with Gasteiger partial charge in [0, 0.05) is 21.3 Å². The van der Waals surface area contributed by atoms with Crippen LogP contribution < -0.4 is 5.43 Å². The lowest BCUT2D eigenvalue weighted by molar-refractivity contribution is -0.118. The van der Waals surface area contributed by atoms with E-state index in [4.69, 9.17) is 0 Å². The number of benzene rings is 3. The molecular formula is C24H20BrN5O2S. The van der Waals surface area contributed by atoms with Crippen molar-refractivity contribution in [1.29, 1.82) is 0 Å². The van der Waals surface area contributed by atoms with E-state index in [0.717, 1.165) is 15.7 Å². The van der Waals surface area contributed by atoms with Gasteiger partial charge in [0.05, 0.1) is 11.5 Å². The van der Waals surface area contributed by atoms with E-state index in [1.807, 2.05) is 59.2 Å². The lowest BCUT2D eigenvalue weighted by atomic mass is 10.1. The average Bonchev–Trinajstić information content (AvgIpc) is 3.26. The molecule has 4 rings (SSSR count). The predicted octanol–water partition coefficient (Wildman–Crippen LogP) is 5.03. The van der Waals surface area contributed by atoms with Crippen LogP contribution in [0.5, 0.6) is 5.75 Å². The van der Waals surface area contributed by atoms with E-state index in [9.17, 15) is 9.90 Å². The van der Waals surface area contributed by atoms with Crippen molar-refractivity contribution >= 4 is 39.3 Å². The molecule has 0 radical (unpaired) electrons. The molecule has 1 amide bonds. The van der Waals surface area contributed by atoms with Gasteiger partial charge in [-0.3, -0.25) is 9.36 Å². The van der Waals surface area contributed by atoms with E-state index >= 15 is 0 Å². The van der Waals surface area contributed by atoms with Gasteiger partial charge in [-0.2, -0.15) is 5.10 Å². The maximum absolute atomic E-state index is 12.4. The molecule has 1 heterocycles. The normalized spacial score (nSPS) is 11.4. The lowest BCUT2D eigenvalue weighted by Gasteiger charge is -2.10. The molecule has 0 aliphatic carbocycles. The number of para-hydroxylation sites is 1. The number of rotatable bonds is 7. The molecule has 0 saturated heterocycles. The zero-order valence-corrected chi connectivity index (χ0v) is 20.0. The quantitative estimate of drug-likeness (QED) is 0.202. The number of phenolic OH excluding ortho intramolecular Hbond substituents is 1. The second kappa shape index (κ2) is 10.5. The number of thioether (sulfide) groups is 1. The minimum absolute atomic E-state index is 0.0982. The van der Waals surface area contributed by atoms with Crippen molar-refractivity contribution in [1.82, 2.24) is 20.2 Å². The fourth-order valence-electron chi connectivity index (χ4n) is 3.11. The van der Waals surface area contributed by atoms with Crippen molar-refractivity contribution in [2.75, 3.05) is 5.75 Å². The summed E-state index contributed by atoms with van der Waals surface area (Å²) < 4.78 is 2.89. The molecule has 7 nitrogen and oxygen atoms in total. The standard InChI is InChI=1S/C24H20BrN5O2S/c1-16(20-9-5-6-10-21(20)31)26-27-22(32)15-33-24-29-28-23(17-7-3-2-4-8-17)30(24)19-13-11-18(25)12-14-19/h2-14,31H,15H2,1H3,(H,27,32)/b26-16+. The Morgan fingerprint density at radius 3 is 2.45 bits per heavy atom. The molecule has 9 heteroatoms. The van der Waals surface area contributed by atoms with Gasteiger partial charge < -0.3 is 5.11 Å². The Bertz CT molecular complexity index is 1290. The molecule has 3 aromatic carbocycles. The maximum atomic E-state index is 12.4. The minimum Gasteiger partial charge on any atom is -0.507 e. The molecule has 0 aliphatic rings. The van der Waals surface area contributed by atoms with Crippen molar-refractivity contribution in [2.45, 2.75) is 12.1 Å². The van der Waals surface area contributed by atoms with Crippen molar-refractivity contribution in [2.24, 2.45) is 5.10 Å². The number of hydrazone groups is 1. The predicted molar refractivity (Wildman–Crippen MR) is 134 cm³/mol. The number of carbonyl (C=O) groups excluding carboxylic acids is 1. The van der Waals surface area contributed by atoms with E-state index in [1.54, 1.807) is 31.2 Å². The molecule has 166 valence electrons. The monoisotopic (exact) mass is 521 g/mol. The first-order chi connectivity index (χ1) is 16.0. The fraction of sp³-hybridized carbons (Fsp3) is 0.0833. The SMILES string of the molecule is C/C(=N\NC(=O)CSc1nnc(-c2ccccc2)n1-c1ccc(Br)cc1)c1ccccc1O. The summed E-state index contributed by atoms with van der Waals surface area (Å²) in [4.78, 5) is 12.4. The fourth-order valence-corrected chi connectivity index (χ4v) is 4.12. The Morgan fingerprint density at radius 1 is 1.03 bits per heavy atom. The molecule has 0 spiro atoms. The third-order valence-corrected chi connectivity index (χ3v) is 6.18. The smallest absolute Gasteiger partial charge is 0.250 e. The first kappa shape index (κ1) is 22.8. The molecule has 0 fully saturated rings. The van der Waals surface area contributed by atoms with Crippen molar-refractivity contribution in [3.8, 4) is 22.8 Å². The molecule has 4 aromatic rings. The van der Waals surface area contributed by atoms with Crippen LogP contribution in [-0.2, 0) is 4.79 Å². The van der Waals surface area contributed by atoms with Crippen LogP contribution in [0, 0.1) is 0 Å². The van der Waals surface area contributed by atoms with Crippen molar-refractivity contribution in [3.63, 3.8) is 0 Å². The van der Waals surface area contributed by atoms with Gasteiger partial charge in [0.15, 0.2) is 11.0 Å². The van der Waals surface area contributed by atoms with Gasteiger partial charge in [0.1, 0.15) is 5.75 Å². The van der Waals surface area contributed by atoms with Gasteiger partial charge in [0.25, 0.3) is 5.91 Å². The summed E-state index contributed by atoms with van der Waals surface area (Å²) >= 11 is 4.73. The van der Waals surface area contributed by atoms with E-state index in [2.05, 4.69) is 36.7 Å². The minimum atomic E-state index is -0.290. The molecule has 33 heavy (non-hydrogen) atoms. The topological polar surface area (TPSA) is 92.4 Å². The second-order valence-corrected chi connectivity index (χ2v) is 8.88. The summed E-state index contributed by atoms with van der Waals surface area (Å²) in [5.41, 5.74) is 5.42. The third-order valence-electron chi connectivity index (χ3n) is 4.72. The maximum Gasteiger partial charge on any atom is 0.250 e. The molecule has 0 saturated carbocycles. The zero-order chi connectivity index (χ0) is 23.2. The Balaban J connectivity index is 1.53. The number of hydrogen-bond donors (Lipinski definition) is 2. The number of hydrogen-bond acceptors (Lipinski definition) is 6. The van der Waals surface area contributed by atoms with Crippen LogP contribution in [-0.4, -0.2) is 37.2 Å². The molecule has 1 aromatic heterocycles. The van der Waals surface area contributed by atoms with Gasteiger partial charge in [0.2, 0.25) is 0 Å². The van der Waals surface area contributed by atoms with Crippen LogP contribution in [0.3, 0.4) is 0 Å². The Hall–Kier alpha value is -3.43. The Morgan fingerprint density at radius 2 is 1.73 bits per heavy atom. The van der Waals surface area contributed by atoms with Gasteiger partial charge >= 0.3 is 0 Å². The van der Waals surface area contributed by atoms with Crippen molar-refractivity contribution < 1.29 is 9.90 Å². The van der Waals surface area contributed by atoms with E-state index in [1.165, 1.54) is 11.8 Å². The number of nitrogens with zero attached hydrogens (tertiary/aromatic N) is 4. The van der Waals surface area contributed by atoms with Gasteiger partial charge in [-0.15, -0.1) is 10.2 Å². The highest BCUT2D eigenvalue weighted by atomic mass is 79.9. The third kappa shape index (κ3) is 5.50. The summed E-state index contributed by atoms with van der Waals surface area (Å²) in [5, 5.41) is 23.3. The molecule has 0 aliphatic heterocycles. The summed E-state index contributed by atoms with van der Waals surface area (Å²) in [7, 11) is 0. The summed E-state index contributed by atoms with van der Waals surface area (Å²) in [6.07, 6.45) is 0. The number of amides is 1. The highest BCUT2D eigenvalue weighted by Crippen LogP contribution is 2.28. The van der Waals surface area contributed by atoms with Gasteiger partial charge in [-0.25, -0.2) is 5.43 Å². The number of nitrogens with one attached hydrogen (secondary N) is 1. The van der Waals surface area contributed by atoms with Crippen molar-refractivity contribution in [3.05, 3.63) is 88.9 Å². The Kier molecular flexibility index (Phi) is 7.21. The number of aromatic nitrogens is 3. The first-order valence-corrected chi connectivity index (χ1v) is 11.8. The number of aromatic hydroxyl groups is 1. The molecule has 0 bridgehead atoms. The highest BCUT2D eigenvalue weighted by molar-refractivity contribution is 9.10. The van der Waals surface area contributed by atoms with Crippen LogP contribution in [0.4, 0.5) is 0 Å². The number of halogens is 1. The second-order valence-electron chi connectivity index (χ2n) is 7.02. The van der Waals surface area contributed by atoms with E-state index in [0.29, 0.717) is 22.3 Å². The highest BCUT2D eigenvalue weighted by Gasteiger charge is 2.17. The molecule has 0 unspecified atom stereocenters. The Labute approximate surface area is 203 Å². The van der Waals surface area contributed by atoms with E-state index in [-0.39, 0.29) is 17.4 Å². The number of carbonyl (C=O) groups is 1. The first-order valence-electron chi connectivity index (χ1n) is 10.0. The molecule has 0 atom stereocenters. The van der Waals surface area contributed by atoms with Crippen LogP contribution in [0.15, 0.2) is 93.6 Å². The number of phenols is 1. The molecular weight excluding hydrogens is 502 g/mol. The summed E-state index contributed by atoms with van der Waals surface area (Å²) in [5.74, 6) is 0.607. The summed E-state index contributed by atoms with van der Waals surface area (Å²) in [6, 6.07) is 24.4. The van der Waals surface area contributed by atoms with Crippen LogP contribution in [0.1, 0.15) is 12.5 Å². The molecule has 2 N–H and O–H groups in total. The van der Waals surface area contributed by atoms with Crippen LogP contribution in [0.25, 0.3) is 17.1 Å². The van der Waals surface area contributed by atoms with Gasteiger partial charge in [-0.1, -0.05) is 70.2 Å². The van der Waals surface area contributed by atoms with Crippen LogP contribution >= 0.6 is 27.7 Å². The zero-order valence-electron chi connectivity index (χ0n) is 17.6. The average molecular weight is 522 g/mol. The lowest BCUT2D eigenvalue weighted by Crippen LogP contribution is -2.21. The van der Waals surface area contributed by atoms with E-state index < -0.39 is 0 Å². The largest absolute Gasteiger partial charge is 0.507 e.